The third kappa shape index (κ3) is 1.91. The van der Waals surface area contributed by atoms with E-state index in [4.69, 9.17) is 0 Å². The number of benzene rings is 1. The summed E-state index contributed by atoms with van der Waals surface area (Å²) in [5.74, 6) is 0.806. The van der Waals surface area contributed by atoms with Gasteiger partial charge < -0.3 is 4.98 Å². The summed E-state index contributed by atoms with van der Waals surface area (Å²) in [5.41, 5.74) is 4.51. The van der Waals surface area contributed by atoms with Crippen molar-refractivity contribution in [1.82, 2.24) is 20.2 Å². The quantitative estimate of drug-likeness (QED) is 0.754. The van der Waals surface area contributed by atoms with Crippen LogP contribution in [0.3, 0.4) is 0 Å². The van der Waals surface area contributed by atoms with Crippen LogP contribution in [0, 0.1) is 0 Å². The molecule has 1 aliphatic rings. The molecule has 0 radical (unpaired) electrons. The lowest BCUT2D eigenvalue weighted by Gasteiger charge is -2.29. The van der Waals surface area contributed by atoms with Crippen LogP contribution >= 0.6 is 0 Å². The topological polar surface area (TPSA) is 57.4 Å². The predicted octanol–water partition coefficient (Wildman–Crippen LogP) is 3.33. The second-order valence-electron chi connectivity index (χ2n) is 5.70. The summed E-state index contributed by atoms with van der Waals surface area (Å²) < 4.78 is 0. The van der Waals surface area contributed by atoms with E-state index >= 15 is 0 Å². The van der Waals surface area contributed by atoms with Gasteiger partial charge in [0.25, 0.3) is 0 Å². The van der Waals surface area contributed by atoms with E-state index in [2.05, 4.69) is 69.6 Å². The molecule has 21 heavy (non-hydrogen) atoms. The molecule has 1 unspecified atom stereocenters. The van der Waals surface area contributed by atoms with Gasteiger partial charge in [-0.25, -0.2) is 4.98 Å². The molecule has 0 aliphatic heterocycles. The Bertz CT molecular complexity index is 784. The summed E-state index contributed by atoms with van der Waals surface area (Å²) in [4.78, 5) is 7.40. The third-order valence-corrected chi connectivity index (χ3v) is 4.20. The molecule has 2 N–H and O–H groups in total. The van der Waals surface area contributed by atoms with Gasteiger partial charge in [-0.05, 0) is 5.56 Å². The minimum absolute atomic E-state index is 0.00122. The van der Waals surface area contributed by atoms with Gasteiger partial charge in [-0.1, -0.05) is 49.4 Å². The summed E-state index contributed by atoms with van der Waals surface area (Å²) in [6.45, 7) is 2.26. The zero-order valence-electron chi connectivity index (χ0n) is 11.8. The molecule has 4 rings (SSSR count). The van der Waals surface area contributed by atoms with E-state index in [9.17, 15) is 0 Å². The highest BCUT2D eigenvalue weighted by Crippen LogP contribution is 2.37. The number of allylic oxidation sites excluding steroid dienone is 1. The van der Waals surface area contributed by atoms with Crippen molar-refractivity contribution in [1.29, 1.82) is 0 Å². The first-order valence-electron chi connectivity index (χ1n) is 7.08. The predicted molar refractivity (Wildman–Crippen MR) is 82.7 cm³/mol. The molecule has 2 aromatic heterocycles. The highest BCUT2D eigenvalue weighted by Gasteiger charge is 2.30. The molecule has 1 aliphatic carbocycles. The summed E-state index contributed by atoms with van der Waals surface area (Å²) >= 11 is 0. The van der Waals surface area contributed by atoms with E-state index in [1.54, 1.807) is 6.20 Å². The Morgan fingerprint density at radius 1 is 1.19 bits per heavy atom. The fourth-order valence-electron chi connectivity index (χ4n) is 2.99. The van der Waals surface area contributed by atoms with Gasteiger partial charge in [0.05, 0.1) is 0 Å². The first kappa shape index (κ1) is 12.1. The van der Waals surface area contributed by atoms with Crippen LogP contribution in [0.1, 0.15) is 23.7 Å². The first-order chi connectivity index (χ1) is 10.3. The highest BCUT2D eigenvalue weighted by molar-refractivity contribution is 5.72. The lowest BCUT2D eigenvalue weighted by atomic mass is 9.75. The number of fused-ring (bicyclic) bond motifs is 1. The van der Waals surface area contributed by atoms with Crippen molar-refractivity contribution in [2.75, 3.05) is 0 Å². The lowest BCUT2D eigenvalue weighted by Crippen LogP contribution is -2.25. The fraction of sp³-hybridized carbons (Fsp3) is 0.176. The largest absolute Gasteiger partial charge is 0.343 e. The number of H-pyrrole nitrogens is 2. The molecule has 4 heteroatoms. The molecule has 0 spiro atoms. The number of imidazole rings is 1. The molecule has 4 nitrogen and oxygen atoms in total. The first-order valence-corrected chi connectivity index (χ1v) is 7.08. The average molecular weight is 276 g/mol. The number of rotatable bonds is 2. The Morgan fingerprint density at radius 2 is 2.05 bits per heavy atom. The van der Waals surface area contributed by atoms with Gasteiger partial charge in [-0.3, -0.25) is 5.10 Å². The van der Waals surface area contributed by atoms with Crippen LogP contribution in [0.4, 0.5) is 0 Å². The van der Waals surface area contributed by atoms with E-state index in [0.29, 0.717) is 0 Å². The van der Waals surface area contributed by atoms with E-state index in [-0.39, 0.29) is 5.41 Å². The Balaban J connectivity index is 1.76. The van der Waals surface area contributed by atoms with Crippen LogP contribution in [-0.2, 0) is 11.8 Å². The molecule has 2 heterocycles. The second-order valence-corrected chi connectivity index (χ2v) is 5.70. The van der Waals surface area contributed by atoms with Crippen LogP contribution in [0.25, 0.3) is 17.6 Å². The number of hydrogen-bond donors (Lipinski definition) is 2. The minimum Gasteiger partial charge on any atom is -0.343 e. The Labute approximate surface area is 123 Å². The summed E-state index contributed by atoms with van der Waals surface area (Å²) in [5, 5.41) is 7.61. The lowest BCUT2D eigenvalue weighted by molar-refractivity contribution is 0.577. The van der Waals surface area contributed by atoms with E-state index < -0.39 is 0 Å². The number of nitrogens with one attached hydrogen (secondary N) is 2. The minimum atomic E-state index is 0.00122. The van der Waals surface area contributed by atoms with Crippen molar-refractivity contribution in [2.24, 2.45) is 0 Å². The molecule has 104 valence electrons. The van der Waals surface area contributed by atoms with E-state index in [1.165, 1.54) is 5.56 Å². The number of hydrogen-bond acceptors (Lipinski definition) is 2. The number of aromatic amines is 2. The standard InChI is InChI=1S/C17H16N4/c1-17(12-5-3-2-4-6-12)8-7-13-14(11-17)20-21-15(13)16-18-9-10-19-16/h2-10H,11H2,1H3,(H,18,19)(H,20,21). The molecule has 1 aromatic carbocycles. The van der Waals surface area contributed by atoms with Crippen LogP contribution < -0.4 is 0 Å². The van der Waals surface area contributed by atoms with Crippen molar-refractivity contribution in [3.8, 4) is 11.5 Å². The second kappa shape index (κ2) is 4.45. The SMILES string of the molecule is CC1(c2ccccc2)C=Cc2c(-c3ncc[nH]3)n[nH]c2C1. The fourth-order valence-corrected chi connectivity index (χ4v) is 2.99. The molecular formula is C17H16N4. The Hall–Kier alpha value is -2.62. The van der Waals surface area contributed by atoms with Crippen LogP contribution in [0.5, 0.6) is 0 Å². The number of nitrogens with zero attached hydrogens (tertiary/aromatic N) is 2. The van der Waals surface area contributed by atoms with Gasteiger partial charge in [-0.15, -0.1) is 0 Å². The highest BCUT2D eigenvalue weighted by atomic mass is 15.1. The molecule has 3 aromatic rings. The third-order valence-electron chi connectivity index (χ3n) is 4.20. The Kier molecular flexibility index (Phi) is 2.57. The molecular weight excluding hydrogens is 260 g/mol. The maximum absolute atomic E-state index is 4.43. The van der Waals surface area contributed by atoms with Crippen molar-refractivity contribution in [3.63, 3.8) is 0 Å². The summed E-state index contributed by atoms with van der Waals surface area (Å²) in [6, 6.07) is 10.6. The summed E-state index contributed by atoms with van der Waals surface area (Å²) in [7, 11) is 0. The van der Waals surface area contributed by atoms with Gasteiger partial charge >= 0.3 is 0 Å². The average Bonchev–Trinajstić information content (AvgIpc) is 3.16. The van der Waals surface area contributed by atoms with Gasteiger partial charge in [0.1, 0.15) is 5.69 Å². The number of aromatic nitrogens is 4. The van der Waals surface area contributed by atoms with E-state index in [1.807, 2.05) is 6.20 Å². The molecule has 0 bridgehead atoms. The molecule has 0 saturated heterocycles. The molecule has 1 atom stereocenters. The van der Waals surface area contributed by atoms with Gasteiger partial charge in [0.15, 0.2) is 5.82 Å². The Morgan fingerprint density at radius 3 is 2.81 bits per heavy atom. The van der Waals surface area contributed by atoms with Gasteiger partial charge in [-0.2, -0.15) is 5.10 Å². The van der Waals surface area contributed by atoms with Crippen molar-refractivity contribution in [2.45, 2.75) is 18.8 Å². The molecule has 0 saturated carbocycles. The zero-order chi connectivity index (χ0) is 14.3. The summed E-state index contributed by atoms with van der Waals surface area (Å²) in [6.07, 6.45) is 8.91. The maximum atomic E-state index is 4.43. The van der Waals surface area contributed by atoms with Crippen LogP contribution in [0.2, 0.25) is 0 Å². The molecule has 0 fully saturated rings. The van der Waals surface area contributed by atoms with E-state index in [0.717, 1.165) is 29.2 Å². The smallest absolute Gasteiger partial charge is 0.158 e. The maximum Gasteiger partial charge on any atom is 0.158 e. The monoisotopic (exact) mass is 276 g/mol. The van der Waals surface area contributed by atoms with Crippen molar-refractivity contribution >= 4 is 6.08 Å². The van der Waals surface area contributed by atoms with Crippen molar-refractivity contribution < 1.29 is 0 Å². The van der Waals surface area contributed by atoms with Crippen LogP contribution in [0.15, 0.2) is 48.8 Å². The van der Waals surface area contributed by atoms with Gasteiger partial charge in [0.2, 0.25) is 0 Å². The van der Waals surface area contributed by atoms with Gasteiger partial charge in [0, 0.05) is 35.5 Å². The molecule has 0 amide bonds. The van der Waals surface area contributed by atoms with Crippen molar-refractivity contribution in [3.05, 3.63) is 65.6 Å². The van der Waals surface area contributed by atoms with Crippen LogP contribution in [-0.4, -0.2) is 20.2 Å². The zero-order valence-corrected chi connectivity index (χ0v) is 11.8. The normalized spacial score (nSPS) is 20.4.